The fourth-order valence-corrected chi connectivity index (χ4v) is 4.76. The number of carbonyl (C=O) groups excluding carboxylic acids is 1. The van der Waals surface area contributed by atoms with Crippen LogP contribution in [0, 0.1) is 6.92 Å². The quantitative estimate of drug-likeness (QED) is 0.734. The third-order valence-corrected chi connectivity index (χ3v) is 6.80. The van der Waals surface area contributed by atoms with E-state index >= 15 is 0 Å². The second kappa shape index (κ2) is 6.77. The predicted octanol–water partition coefficient (Wildman–Crippen LogP) is 1.95. The van der Waals surface area contributed by atoms with Gasteiger partial charge in [-0.25, -0.2) is 13.4 Å². The minimum Gasteiger partial charge on any atom is -0.344 e. The molecule has 130 valence electrons. The Hall–Kier alpha value is -2.52. The van der Waals surface area contributed by atoms with Crippen LogP contribution < -0.4 is 5.32 Å². The van der Waals surface area contributed by atoms with Crippen LogP contribution in [0.4, 0.5) is 0 Å². The molecule has 7 nitrogen and oxygen atoms in total. The van der Waals surface area contributed by atoms with Crippen LogP contribution in [0.25, 0.3) is 0 Å². The number of amides is 1. The zero-order valence-electron chi connectivity index (χ0n) is 13.6. The van der Waals surface area contributed by atoms with Gasteiger partial charge in [0.05, 0.1) is 16.3 Å². The lowest BCUT2D eigenvalue weighted by Crippen LogP contribution is -2.22. The van der Waals surface area contributed by atoms with Crippen LogP contribution in [0.15, 0.2) is 51.8 Å². The average molecular weight is 376 g/mol. The average Bonchev–Trinajstić information content (AvgIpc) is 3.22. The number of nitrogens with zero attached hydrogens (tertiary/aromatic N) is 3. The molecule has 2 heterocycles. The van der Waals surface area contributed by atoms with Gasteiger partial charge < -0.3 is 5.32 Å². The lowest BCUT2D eigenvalue weighted by atomic mass is 10.2. The number of hydrogen-bond donors (Lipinski definition) is 1. The maximum Gasteiger partial charge on any atom is 0.261 e. The minimum absolute atomic E-state index is 0.137. The van der Waals surface area contributed by atoms with Crippen molar-refractivity contribution in [2.75, 3.05) is 0 Å². The highest BCUT2D eigenvalue weighted by molar-refractivity contribution is 7.93. The summed E-state index contributed by atoms with van der Waals surface area (Å²) in [6.45, 7) is 2.07. The van der Waals surface area contributed by atoms with Crippen molar-refractivity contribution in [3.05, 3.63) is 59.0 Å². The van der Waals surface area contributed by atoms with Gasteiger partial charge in [-0.05, 0) is 31.2 Å². The molecule has 0 spiro atoms. The van der Waals surface area contributed by atoms with E-state index in [0.717, 1.165) is 16.9 Å². The van der Waals surface area contributed by atoms with E-state index in [0.29, 0.717) is 10.7 Å². The van der Waals surface area contributed by atoms with Crippen LogP contribution in [0.1, 0.15) is 21.1 Å². The Morgan fingerprint density at radius 3 is 2.56 bits per heavy atom. The molecule has 1 aromatic carbocycles. The normalized spacial score (nSPS) is 11.4. The molecule has 1 amide bonds. The number of sulfone groups is 1. The molecule has 0 radical (unpaired) electrons. The number of thiophene rings is 1. The second-order valence-corrected chi connectivity index (χ2v) is 8.71. The zero-order chi connectivity index (χ0) is 18.0. The van der Waals surface area contributed by atoms with Gasteiger partial charge in [0.1, 0.15) is 10.5 Å². The molecule has 0 saturated carbocycles. The SMILES string of the molecule is Cc1ccc(S(=O)(=O)c2ccc(C(=O)NCc3ncn(C)n3)s2)cc1. The van der Waals surface area contributed by atoms with Gasteiger partial charge in [-0.15, -0.1) is 11.3 Å². The Bertz CT molecular complexity index is 1000. The van der Waals surface area contributed by atoms with Gasteiger partial charge in [-0.3, -0.25) is 9.48 Å². The number of aromatic nitrogens is 3. The third-order valence-electron chi connectivity index (χ3n) is 3.46. The fourth-order valence-electron chi connectivity index (χ4n) is 2.13. The standard InChI is InChI=1S/C16H16N4O3S2/c1-11-3-5-12(6-4-11)25(22,23)15-8-7-13(24-15)16(21)17-9-14-18-10-20(2)19-14/h3-8,10H,9H2,1-2H3,(H,17,21). The van der Waals surface area contributed by atoms with E-state index in [-0.39, 0.29) is 21.6 Å². The van der Waals surface area contributed by atoms with E-state index in [1.807, 2.05) is 6.92 Å². The van der Waals surface area contributed by atoms with Crippen LogP contribution in [0.5, 0.6) is 0 Å². The maximum atomic E-state index is 12.6. The number of carbonyl (C=O) groups is 1. The minimum atomic E-state index is -3.62. The molecule has 0 saturated heterocycles. The molecule has 0 unspecified atom stereocenters. The summed E-state index contributed by atoms with van der Waals surface area (Å²) in [7, 11) is -1.89. The number of hydrogen-bond acceptors (Lipinski definition) is 6. The number of benzene rings is 1. The summed E-state index contributed by atoms with van der Waals surface area (Å²) < 4.78 is 26.9. The van der Waals surface area contributed by atoms with Crippen molar-refractivity contribution in [2.24, 2.45) is 7.05 Å². The van der Waals surface area contributed by atoms with Crippen molar-refractivity contribution in [3.63, 3.8) is 0 Å². The molecule has 25 heavy (non-hydrogen) atoms. The zero-order valence-corrected chi connectivity index (χ0v) is 15.3. The summed E-state index contributed by atoms with van der Waals surface area (Å²) in [6, 6.07) is 9.58. The van der Waals surface area contributed by atoms with Crippen LogP contribution >= 0.6 is 11.3 Å². The molecule has 3 rings (SSSR count). The Morgan fingerprint density at radius 1 is 1.20 bits per heavy atom. The first kappa shape index (κ1) is 17.3. The molecule has 1 N–H and O–H groups in total. The molecule has 3 aromatic rings. The first-order chi connectivity index (χ1) is 11.9. The molecule has 0 aliphatic heterocycles. The summed E-state index contributed by atoms with van der Waals surface area (Å²) in [5.74, 6) is 0.128. The van der Waals surface area contributed by atoms with Crippen LogP contribution in [-0.4, -0.2) is 29.1 Å². The van der Waals surface area contributed by atoms with E-state index < -0.39 is 9.84 Å². The fraction of sp³-hybridized carbons (Fsp3) is 0.188. The van der Waals surface area contributed by atoms with Gasteiger partial charge >= 0.3 is 0 Å². The molecule has 0 bridgehead atoms. The van der Waals surface area contributed by atoms with Crippen LogP contribution in [-0.2, 0) is 23.4 Å². The summed E-state index contributed by atoms with van der Waals surface area (Å²) in [5, 5.41) is 6.74. The van der Waals surface area contributed by atoms with Gasteiger partial charge in [0, 0.05) is 7.05 Å². The first-order valence-corrected chi connectivity index (χ1v) is 9.70. The van der Waals surface area contributed by atoms with Crippen molar-refractivity contribution in [2.45, 2.75) is 22.6 Å². The molecule has 0 aliphatic carbocycles. The van der Waals surface area contributed by atoms with E-state index in [9.17, 15) is 13.2 Å². The van der Waals surface area contributed by atoms with Crippen LogP contribution in [0.2, 0.25) is 0 Å². The van der Waals surface area contributed by atoms with Crippen molar-refractivity contribution >= 4 is 27.1 Å². The smallest absolute Gasteiger partial charge is 0.261 e. The summed E-state index contributed by atoms with van der Waals surface area (Å²) in [4.78, 5) is 16.7. The number of rotatable bonds is 5. The topological polar surface area (TPSA) is 94.0 Å². The monoisotopic (exact) mass is 376 g/mol. The summed E-state index contributed by atoms with van der Waals surface area (Å²) in [6.07, 6.45) is 1.54. The maximum absolute atomic E-state index is 12.6. The highest BCUT2D eigenvalue weighted by Gasteiger charge is 2.21. The van der Waals surface area contributed by atoms with Crippen molar-refractivity contribution < 1.29 is 13.2 Å². The molecule has 9 heteroatoms. The Labute approximate surface area is 149 Å². The van der Waals surface area contributed by atoms with Crippen molar-refractivity contribution in [1.82, 2.24) is 20.1 Å². The number of aryl methyl sites for hydroxylation is 2. The molecular weight excluding hydrogens is 360 g/mol. The van der Waals surface area contributed by atoms with Gasteiger partial charge in [-0.1, -0.05) is 17.7 Å². The molecule has 0 aliphatic rings. The van der Waals surface area contributed by atoms with Gasteiger partial charge in [0.15, 0.2) is 5.82 Å². The highest BCUT2D eigenvalue weighted by atomic mass is 32.2. The summed E-state index contributed by atoms with van der Waals surface area (Å²) in [5.41, 5.74) is 0.980. The van der Waals surface area contributed by atoms with Crippen LogP contribution in [0.3, 0.4) is 0 Å². The molecule has 0 fully saturated rings. The van der Waals surface area contributed by atoms with Crippen molar-refractivity contribution in [3.8, 4) is 0 Å². The third kappa shape index (κ3) is 3.77. The van der Waals surface area contributed by atoms with Gasteiger partial charge in [0.25, 0.3) is 5.91 Å². The Balaban J connectivity index is 1.75. The van der Waals surface area contributed by atoms with Crippen molar-refractivity contribution in [1.29, 1.82) is 0 Å². The molecule has 2 aromatic heterocycles. The van der Waals surface area contributed by atoms with E-state index in [1.165, 1.54) is 12.1 Å². The lowest BCUT2D eigenvalue weighted by Gasteiger charge is -2.02. The van der Waals surface area contributed by atoms with E-state index in [4.69, 9.17) is 0 Å². The largest absolute Gasteiger partial charge is 0.344 e. The predicted molar refractivity (Wildman–Crippen MR) is 93.1 cm³/mol. The lowest BCUT2D eigenvalue weighted by molar-refractivity contribution is 0.0954. The van der Waals surface area contributed by atoms with E-state index in [1.54, 1.807) is 42.3 Å². The summed E-state index contributed by atoms with van der Waals surface area (Å²) >= 11 is 0.941. The van der Waals surface area contributed by atoms with Gasteiger partial charge in [0.2, 0.25) is 9.84 Å². The number of nitrogens with one attached hydrogen (secondary N) is 1. The highest BCUT2D eigenvalue weighted by Crippen LogP contribution is 2.28. The van der Waals surface area contributed by atoms with Gasteiger partial charge in [-0.2, -0.15) is 5.10 Å². The second-order valence-electron chi connectivity index (χ2n) is 5.45. The Morgan fingerprint density at radius 2 is 1.92 bits per heavy atom. The first-order valence-electron chi connectivity index (χ1n) is 7.40. The Kier molecular flexibility index (Phi) is 4.69. The molecular formula is C16H16N4O3S2. The molecule has 0 atom stereocenters. The van der Waals surface area contributed by atoms with E-state index in [2.05, 4.69) is 15.4 Å².